The van der Waals surface area contributed by atoms with Gasteiger partial charge in [0.1, 0.15) is 5.56 Å². The molecule has 1 fully saturated rings. The van der Waals surface area contributed by atoms with Crippen LogP contribution in [0, 0.1) is 0 Å². The van der Waals surface area contributed by atoms with Crippen LogP contribution in [-0.2, 0) is 11.2 Å². The summed E-state index contributed by atoms with van der Waals surface area (Å²) in [4.78, 5) is 16.6. The van der Waals surface area contributed by atoms with Crippen LogP contribution in [0.15, 0.2) is 18.6 Å². The first-order valence-electron chi connectivity index (χ1n) is 7.19. The molecule has 2 aromatic rings. The first-order chi connectivity index (χ1) is 10.7. The predicted molar refractivity (Wildman–Crippen MR) is 76.5 cm³/mol. The van der Waals surface area contributed by atoms with E-state index < -0.39 is 6.10 Å². The average Bonchev–Trinajstić information content (AvgIpc) is 2.93. The molecule has 0 radical (unpaired) electrons. The number of aromatic nitrogens is 3. The summed E-state index contributed by atoms with van der Waals surface area (Å²) in [5, 5.41) is 25.7. The lowest BCUT2D eigenvalue weighted by molar-refractivity contribution is -0.0260. The number of hydrogen-bond donors (Lipinski definition) is 3. The van der Waals surface area contributed by atoms with Gasteiger partial charge in [-0.15, -0.1) is 0 Å². The van der Waals surface area contributed by atoms with Gasteiger partial charge in [0, 0.05) is 25.6 Å². The number of ether oxygens (including phenoxy) is 1. The third kappa shape index (κ3) is 2.94. The number of nitrogens with zero attached hydrogens (tertiary/aromatic N) is 3. The molecule has 0 aliphatic carbocycles. The molecular weight excluding hydrogens is 288 g/mol. The zero-order chi connectivity index (χ0) is 15.5. The van der Waals surface area contributed by atoms with E-state index in [2.05, 4.69) is 15.4 Å². The molecule has 0 unspecified atom stereocenters. The summed E-state index contributed by atoms with van der Waals surface area (Å²) < 4.78 is 6.65. The molecule has 1 aliphatic rings. The lowest BCUT2D eigenvalue weighted by Crippen LogP contribution is -2.48. The lowest BCUT2D eigenvalue weighted by Gasteiger charge is -2.28. The van der Waals surface area contributed by atoms with Gasteiger partial charge in [-0.25, -0.2) is 9.50 Å². The molecule has 3 N–H and O–H groups in total. The molecule has 1 aliphatic heterocycles. The van der Waals surface area contributed by atoms with E-state index in [4.69, 9.17) is 9.84 Å². The average molecular weight is 306 g/mol. The molecule has 118 valence electrons. The van der Waals surface area contributed by atoms with Gasteiger partial charge >= 0.3 is 0 Å². The van der Waals surface area contributed by atoms with E-state index in [9.17, 15) is 9.90 Å². The zero-order valence-corrected chi connectivity index (χ0v) is 12.0. The van der Waals surface area contributed by atoms with Crippen LogP contribution in [-0.4, -0.2) is 62.7 Å². The Labute approximate surface area is 126 Å². The summed E-state index contributed by atoms with van der Waals surface area (Å²) in [7, 11) is 0. The molecule has 22 heavy (non-hydrogen) atoms. The lowest BCUT2D eigenvalue weighted by atomic mass is 10.1. The van der Waals surface area contributed by atoms with E-state index in [0.29, 0.717) is 30.7 Å². The summed E-state index contributed by atoms with van der Waals surface area (Å²) in [5.74, 6) is -0.316. The SMILES string of the molecule is O=C(N[C@@H]1CCOC[C@H]1O)c1cnn2cc(CCO)cnc12. The van der Waals surface area contributed by atoms with Crippen molar-refractivity contribution >= 4 is 11.6 Å². The van der Waals surface area contributed by atoms with Gasteiger partial charge in [-0.05, 0) is 18.4 Å². The van der Waals surface area contributed by atoms with Crippen molar-refractivity contribution < 1.29 is 19.7 Å². The summed E-state index contributed by atoms with van der Waals surface area (Å²) in [6.07, 6.45) is 5.15. The molecule has 0 aromatic carbocycles. The minimum Gasteiger partial charge on any atom is -0.396 e. The number of rotatable bonds is 4. The van der Waals surface area contributed by atoms with Gasteiger partial charge in [-0.3, -0.25) is 4.79 Å². The van der Waals surface area contributed by atoms with Crippen molar-refractivity contribution in [3.8, 4) is 0 Å². The van der Waals surface area contributed by atoms with Gasteiger partial charge in [0.15, 0.2) is 5.65 Å². The van der Waals surface area contributed by atoms with Gasteiger partial charge in [0.25, 0.3) is 5.91 Å². The van der Waals surface area contributed by atoms with Gasteiger partial charge in [-0.1, -0.05) is 0 Å². The fourth-order valence-electron chi connectivity index (χ4n) is 2.47. The highest BCUT2D eigenvalue weighted by molar-refractivity contribution is 5.99. The van der Waals surface area contributed by atoms with E-state index in [1.807, 2.05) is 0 Å². The molecule has 8 heteroatoms. The van der Waals surface area contributed by atoms with Crippen molar-refractivity contribution in [2.45, 2.75) is 25.0 Å². The van der Waals surface area contributed by atoms with Gasteiger partial charge in [0.05, 0.1) is 24.9 Å². The number of carbonyl (C=O) groups is 1. The van der Waals surface area contributed by atoms with Crippen LogP contribution in [0.4, 0.5) is 0 Å². The van der Waals surface area contributed by atoms with E-state index in [1.54, 1.807) is 12.4 Å². The monoisotopic (exact) mass is 306 g/mol. The number of aliphatic hydroxyl groups excluding tert-OH is 2. The highest BCUT2D eigenvalue weighted by atomic mass is 16.5. The topological polar surface area (TPSA) is 109 Å². The molecule has 0 bridgehead atoms. The molecule has 3 heterocycles. The normalized spacial score (nSPS) is 21.9. The third-order valence-electron chi connectivity index (χ3n) is 3.70. The van der Waals surface area contributed by atoms with Crippen molar-refractivity contribution in [3.05, 3.63) is 29.7 Å². The van der Waals surface area contributed by atoms with Crippen LogP contribution in [0.1, 0.15) is 22.3 Å². The van der Waals surface area contributed by atoms with Crippen molar-refractivity contribution in [2.75, 3.05) is 19.8 Å². The Morgan fingerprint density at radius 1 is 1.50 bits per heavy atom. The van der Waals surface area contributed by atoms with E-state index >= 15 is 0 Å². The molecule has 1 saturated heterocycles. The summed E-state index contributed by atoms with van der Waals surface area (Å²) in [6.45, 7) is 0.769. The van der Waals surface area contributed by atoms with Crippen molar-refractivity contribution in [2.24, 2.45) is 0 Å². The maximum absolute atomic E-state index is 12.3. The fraction of sp³-hybridized carbons (Fsp3) is 0.500. The predicted octanol–water partition coefficient (Wildman–Crippen LogP) is -0.856. The van der Waals surface area contributed by atoms with E-state index in [0.717, 1.165) is 5.56 Å². The number of hydrogen-bond acceptors (Lipinski definition) is 6. The number of amides is 1. The Hall–Kier alpha value is -2.03. The third-order valence-corrected chi connectivity index (χ3v) is 3.70. The zero-order valence-electron chi connectivity index (χ0n) is 12.0. The van der Waals surface area contributed by atoms with Crippen LogP contribution in [0.2, 0.25) is 0 Å². The molecule has 0 saturated carbocycles. The number of carbonyl (C=O) groups excluding carboxylic acids is 1. The van der Waals surface area contributed by atoms with Gasteiger partial charge in [-0.2, -0.15) is 5.10 Å². The first-order valence-corrected chi connectivity index (χ1v) is 7.19. The maximum Gasteiger partial charge on any atom is 0.257 e. The number of nitrogens with one attached hydrogen (secondary N) is 1. The standard InChI is InChI=1S/C14H18N4O4/c19-3-1-9-5-15-13-10(6-16-18(13)7-9)14(21)17-11-2-4-22-8-12(11)20/h5-7,11-12,19-20H,1-4,8H2,(H,17,21)/t11-,12-/m1/s1. The van der Waals surface area contributed by atoms with Crippen LogP contribution in [0.5, 0.6) is 0 Å². The number of fused-ring (bicyclic) bond motifs is 1. The summed E-state index contributed by atoms with van der Waals surface area (Å²) in [6, 6.07) is -0.329. The molecule has 2 atom stereocenters. The summed E-state index contributed by atoms with van der Waals surface area (Å²) >= 11 is 0. The molecule has 8 nitrogen and oxygen atoms in total. The van der Waals surface area contributed by atoms with Crippen molar-refractivity contribution in [1.29, 1.82) is 0 Å². The Kier molecular flexibility index (Phi) is 4.32. The first kappa shape index (κ1) is 14.9. The second-order valence-electron chi connectivity index (χ2n) is 5.27. The molecule has 3 rings (SSSR count). The minimum atomic E-state index is -0.705. The Balaban J connectivity index is 1.79. The van der Waals surface area contributed by atoms with Crippen molar-refractivity contribution in [1.82, 2.24) is 19.9 Å². The molecular formula is C14H18N4O4. The van der Waals surface area contributed by atoms with Gasteiger partial charge in [0.2, 0.25) is 0 Å². The largest absolute Gasteiger partial charge is 0.396 e. The smallest absolute Gasteiger partial charge is 0.257 e. The van der Waals surface area contributed by atoms with E-state index in [-0.39, 0.29) is 25.2 Å². The van der Waals surface area contributed by atoms with Crippen LogP contribution in [0.25, 0.3) is 5.65 Å². The van der Waals surface area contributed by atoms with Crippen molar-refractivity contribution in [3.63, 3.8) is 0 Å². The number of aliphatic hydroxyl groups is 2. The summed E-state index contributed by atoms with van der Waals surface area (Å²) in [5.41, 5.74) is 1.64. The maximum atomic E-state index is 12.3. The second kappa shape index (κ2) is 6.39. The van der Waals surface area contributed by atoms with Gasteiger partial charge < -0.3 is 20.3 Å². The highest BCUT2D eigenvalue weighted by Gasteiger charge is 2.26. The highest BCUT2D eigenvalue weighted by Crippen LogP contribution is 2.12. The Morgan fingerprint density at radius 3 is 3.14 bits per heavy atom. The van der Waals surface area contributed by atoms with E-state index in [1.165, 1.54) is 10.7 Å². The Morgan fingerprint density at radius 2 is 2.36 bits per heavy atom. The van der Waals surface area contributed by atoms with Crippen LogP contribution >= 0.6 is 0 Å². The molecule has 0 spiro atoms. The molecule has 1 amide bonds. The molecule has 2 aromatic heterocycles. The Bertz CT molecular complexity index is 672. The fourth-order valence-corrected chi connectivity index (χ4v) is 2.47. The quantitative estimate of drug-likeness (QED) is 0.678. The van der Waals surface area contributed by atoms with Crippen LogP contribution in [0.3, 0.4) is 0 Å². The minimum absolute atomic E-state index is 0.0312. The second-order valence-corrected chi connectivity index (χ2v) is 5.27. The van der Waals surface area contributed by atoms with Crippen LogP contribution < -0.4 is 5.32 Å².